The van der Waals surface area contributed by atoms with E-state index in [4.69, 9.17) is 5.73 Å². The lowest BCUT2D eigenvalue weighted by Gasteiger charge is -2.30. The molecule has 1 aliphatic rings. The number of likely N-dealkylation sites (N-methyl/N-ethyl adjacent to an activating group) is 1. The van der Waals surface area contributed by atoms with E-state index >= 15 is 0 Å². The summed E-state index contributed by atoms with van der Waals surface area (Å²) in [6.07, 6.45) is 2.08. The van der Waals surface area contributed by atoms with Gasteiger partial charge in [0, 0.05) is 19.5 Å². The van der Waals surface area contributed by atoms with Crippen LogP contribution in [0.4, 0.5) is 4.39 Å². The van der Waals surface area contributed by atoms with E-state index in [-0.39, 0.29) is 23.8 Å². The number of nitrogens with two attached hydrogens (primary N) is 1. The first-order valence-corrected chi connectivity index (χ1v) is 6.76. The number of hydrogen-bond donors (Lipinski definition) is 1. The molecule has 0 radical (unpaired) electrons. The lowest BCUT2D eigenvalue weighted by molar-refractivity contribution is -0.131. The summed E-state index contributed by atoms with van der Waals surface area (Å²) in [6.45, 7) is 0. The number of nitrogens with zero attached hydrogens (tertiary/aromatic N) is 1. The molecule has 1 heterocycles. The van der Waals surface area contributed by atoms with Crippen LogP contribution in [0, 0.1) is 5.82 Å². The Balaban J connectivity index is 2.38. The second kappa shape index (κ2) is 5.36. The van der Waals surface area contributed by atoms with Gasteiger partial charge in [0.25, 0.3) is 0 Å². The molecular weight excluding hydrogens is 299 g/mol. The summed E-state index contributed by atoms with van der Waals surface area (Å²) in [4.78, 5) is 13.5. The molecule has 1 amide bonds. The van der Waals surface area contributed by atoms with Crippen molar-refractivity contribution in [2.75, 3.05) is 7.05 Å². The summed E-state index contributed by atoms with van der Waals surface area (Å²) in [5, 5.41) is 0. The van der Waals surface area contributed by atoms with Gasteiger partial charge in [-0.15, -0.1) is 0 Å². The molecule has 5 heteroatoms. The molecule has 1 aromatic carbocycles. The fourth-order valence-electron chi connectivity index (χ4n) is 2.43. The van der Waals surface area contributed by atoms with Crippen molar-refractivity contribution in [3.8, 4) is 0 Å². The molecule has 0 saturated carbocycles. The van der Waals surface area contributed by atoms with Gasteiger partial charge in [-0.1, -0.05) is 6.07 Å². The summed E-state index contributed by atoms with van der Waals surface area (Å²) >= 11 is 3.12. The molecule has 0 aromatic heterocycles. The van der Waals surface area contributed by atoms with Gasteiger partial charge < -0.3 is 10.6 Å². The van der Waals surface area contributed by atoms with E-state index < -0.39 is 0 Å². The van der Waals surface area contributed by atoms with Gasteiger partial charge in [0.2, 0.25) is 5.91 Å². The lowest BCUT2D eigenvalue weighted by Crippen LogP contribution is -2.39. The van der Waals surface area contributed by atoms with Crippen LogP contribution < -0.4 is 5.73 Å². The van der Waals surface area contributed by atoms with Crippen LogP contribution in [0.5, 0.6) is 0 Å². The van der Waals surface area contributed by atoms with Gasteiger partial charge in [0.1, 0.15) is 5.82 Å². The van der Waals surface area contributed by atoms with Crippen LogP contribution in [0.2, 0.25) is 0 Å². The molecule has 0 aliphatic carbocycles. The van der Waals surface area contributed by atoms with Crippen LogP contribution in [0.15, 0.2) is 22.7 Å². The Labute approximate surface area is 114 Å². The Kier molecular flexibility index (Phi) is 4.02. The second-order valence-electron chi connectivity index (χ2n) is 4.68. The van der Waals surface area contributed by atoms with Crippen LogP contribution >= 0.6 is 15.9 Å². The highest BCUT2D eigenvalue weighted by atomic mass is 79.9. The van der Waals surface area contributed by atoms with Crippen LogP contribution in [-0.2, 0) is 4.79 Å². The first-order chi connectivity index (χ1) is 8.50. The number of hydrogen-bond acceptors (Lipinski definition) is 2. The second-order valence-corrected chi connectivity index (χ2v) is 5.53. The molecule has 0 spiro atoms. The molecule has 1 aliphatic heterocycles. The Bertz CT molecular complexity index is 466. The zero-order valence-electron chi connectivity index (χ0n) is 10.2. The Morgan fingerprint density at radius 3 is 2.89 bits per heavy atom. The predicted octanol–water partition coefficient (Wildman–Crippen LogP) is 2.60. The minimum atomic E-state index is -0.329. The maximum absolute atomic E-state index is 13.6. The van der Waals surface area contributed by atoms with Crippen molar-refractivity contribution in [2.45, 2.75) is 31.3 Å². The highest BCUT2D eigenvalue weighted by Crippen LogP contribution is 2.30. The monoisotopic (exact) mass is 314 g/mol. The number of carbonyl (C=O) groups excluding carboxylic acids is 1. The third kappa shape index (κ3) is 2.57. The smallest absolute Gasteiger partial charge is 0.222 e. The van der Waals surface area contributed by atoms with Gasteiger partial charge in [-0.3, -0.25) is 4.79 Å². The average molecular weight is 315 g/mol. The first-order valence-electron chi connectivity index (χ1n) is 5.97. The van der Waals surface area contributed by atoms with E-state index in [1.54, 1.807) is 18.0 Å². The Morgan fingerprint density at radius 2 is 2.22 bits per heavy atom. The quantitative estimate of drug-likeness (QED) is 0.866. The molecule has 3 nitrogen and oxygen atoms in total. The van der Waals surface area contributed by atoms with Crippen LogP contribution in [0.1, 0.15) is 30.9 Å². The Morgan fingerprint density at radius 1 is 1.50 bits per heavy atom. The molecule has 0 bridgehead atoms. The van der Waals surface area contributed by atoms with E-state index in [1.165, 1.54) is 6.07 Å². The molecule has 1 saturated heterocycles. The molecule has 98 valence electrons. The van der Waals surface area contributed by atoms with E-state index in [2.05, 4.69) is 15.9 Å². The van der Waals surface area contributed by atoms with Gasteiger partial charge in [0.15, 0.2) is 0 Å². The average Bonchev–Trinajstić information content (AvgIpc) is 2.44. The molecule has 2 atom stereocenters. The van der Waals surface area contributed by atoms with Gasteiger partial charge in [-0.25, -0.2) is 4.39 Å². The molecule has 2 rings (SSSR count). The lowest BCUT2D eigenvalue weighted by atomic mass is 9.96. The highest BCUT2D eigenvalue weighted by Gasteiger charge is 2.30. The fraction of sp³-hybridized carbons (Fsp3) is 0.462. The minimum absolute atomic E-state index is 0.0660. The summed E-state index contributed by atoms with van der Waals surface area (Å²) in [6, 6.07) is 4.52. The standard InChI is InChI=1S/C13H16BrFN2O/c1-17-12(18)4-2-3-11(16)13(17)8-5-6-9(14)10(15)7-8/h5-7,11,13H,2-4,16H2,1H3. The largest absolute Gasteiger partial charge is 0.337 e. The van der Waals surface area contributed by atoms with Crippen molar-refractivity contribution in [1.82, 2.24) is 4.90 Å². The molecule has 18 heavy (non-hydrogen) atoms. The summed E-state index contributed by atoms with van der Waals surface area (Å²) in [5.74, 6) is -0.263. The highest BCUT2D eigenvalue weighted by molar-refractivity contribution is 9.10. The zero-order valence-corrected chi connectivity index (χ0v) is 11.8. The maximum Gasteiger partial charge on any atom is 0.222 e. The van der Waals surface area contributed by atoms with Crippen LogP contribution in [-0.4, -0.2) is 23.9 Å². The molecule has 2 unspecified atom stereocenters. The summed E-state index contributed by atoms with van der Waals surface area (Å²) < 4.78 is 14.0. The predicted molar refractivity (Wildman–Crippen MR) is 71.4 cm³/mol. The number of rotatable bonds is 1. The summed E-state index contributed by atoms with van der Waals surface area (Å²) in [7, 11) is 1.73. The van der Waals surface area contributed by atoms with Crippen molar-refractivity contribution < 1.29 is 9.18 Å². The molecule has 1 aromatic rings. The molecule has 2 N–H and O–H groups in total. The van der Waals surface area contributed by atoms with Crippen molar-refractivity contribution in [3.05, 3.63) is 34.1 Å². The van der Waals surface area contributed by atoms with Gasteiger partial charge >= 0.3 is 0 Å². The molecule has 1 fully saturated rings. The Hall–Kier alpha value is -0.940. The number of benzene rings is 1. The maximum atomic E-state index is 13.6. The number of likely N-dealkylation sites (tertiary alicyclic amines) is 1. The van der Waals surface area contributed by atoms with Gasteiger partial charge in [0.05, 0.1) is 10.5 Å². The SMILES string of the molecule is CN1C(=O)CCCC(N)C1c1ccc(Br)c(F)c1. The third-order valence-electron chi connectivity index (χ3n) is 3.43. The minimum Gasteiger partial charge on any atom is -0.337 e. The topological polar surface area (TPSA) is 46.3 Å². The van der Waals surface area contributed by atoms with Gasteiger partial charge in [-0.05, 0) is 46.5 Å². The van der Waals surface area contributed by atoms with E-state index in [0.29, 0.717) is 10.9 Å². The molecular formula is C13H16BrFN2O. The van der Waals surface area contributed by atoms with Crippen molar-refractivity contribution >= 4 is 21.8 Å². The van der Waals surface area contributed by atoms with Crippen molar-refractivity contribution in [1.29, 1.82) is 0 Å². The third-order valence-corrected chi connectivity index (χ3v) is 4.07. The number of halogens is 2. The van der Waals surface area contributed by atoms with E-state index in [1.807, 2.05) is 6.07 Å². The van der Waals surface area contributed by atoms with Crippen molar-refractivity contribution in [2.24, 2.45) is 5.73 Å². The normalized spacial score (nSPS) is 25.1. The van der Waals surface area contributed by atoms with E-state index in [9.17, 15) is 9.18 Å². The van der Waals surface area contributed by atoms with Crippen molar-refractivity contribution in [3.63, 3.8) is 0 Å². The zero-order chi connectivity index (χ0) is 13.3. The van der Waals surface area contributed by atoms with Crippen LogP contribution in [0.3, 0.4) is 0 Å². The van der Waals surface area contributed by atoms with E-state index in [0.717, 1.165) is 18.4 Å². The first kappa shape index (κ1) is 13.5. The fourth-order valence-corrected chi connectivity index (χ4v) is 2.68. The number of amides is 1. The number of carbonyl (C=O) groups is 1. The van der Waals surface area contributed by atoms with Gasteiger partial charge in [-0.2, -0.15) is 0 Å². The summed E-state index contributed by atoms with van der Waals surface area (Å²) in [5.41, 5.74) is 6.87. The van der Waals surface area contributed by atoms with Crippen LogP contribution in [0.25, 0.3) is 0 Å².